The largest absolute Gasteiger partial charge is 0.377 e. The van der Waals surface area contributed by atoms with E-state index in [1.807, 2.05) is 0 Å². The molecule has 0 amide bonds. The van der Waals surface area contributed by atoms with Gasteiger partial charge in [0.15, 0.2) is 0 Å². The van der Waals surface area contributed by atoms with E-state index in [4.69, 9.17) is 4.74 Å². The van der Waals surface area contributed by atoms with Gasteiger partial charge in [-0.05, 0) is 25.7 Å². The molecular formula is C12H16O. The summed E-state index contributed by atoms with van der Waals surface area (Å²) in [6.07, 6.45) is 12.7. The topological polar surface area (TPSA) is 9.23 Å². The summed E-state index contributed by atoms with van der Waals surface area (Å²) in [6, 6.07) is 0. The molecule has 0 spiro atoms. The summed E-state index contributed by atoms with van der Waals surface area (Å²) in [4.78, 5) is 0. The number of ether oxygens (including phenoxy) is 1. The molecule has 3 rings (SSSR count). The number of fused-ring (bicyclic) bond motifs is 3. The van der Waals surface area contributed by atoms with Crippen LogP contribution in [0.4, 0.5) is 0 Å². The first kappa shape index (κ1) is 7.81. The lowest BCUT2D eigenvalue weighted by atomic mass is 9.89. The van der Waals surface area contributed by atoms with Crippen molar-refractivity contribution in [3.63, 3.8) is 0 Å². The van der Waals surface area contributed by atoms with E-state index in [1.165, 1.54) is 25.7 Å². The van der Waals surface area contributed by atoms with E-state index >= 15 is 0 Å². The van der Waals surface area contributed by atoms with Crippen molar-refractivity contribution >= 4 is 0 Å². The average molecular weight is 176 g/mol. The third-order valence-electron chi connectivity index (χ3n) is 3.71. The lowest BCUT2D eigenvalue weighted by molar-refractivity contribution is 0.0649. The Labute approximate surface area is 79.5 Å². The summed E-state index contributed by atoms with van der Waals surface area (Å²) >= 11 is 0. The molecule has 0 aromatic heterocycles. The Morgan fingerprint density at radius 1 is 1.31 bits per heavy atom. The van der Waals surface area contributed by atoms with Crippen LogP contribution in [0, 0.1) is 11.8 Å². The normalized spacial score (nSPS) is 42.5. The first-order valence-electron chi connectivity index (χ1n) is 5.44. The van der Waals surface area contributed by atoms with E-state index in [0.717, 1.165) is 12.5 Å². The Bertz CT molecular complexity index is 264. The monoisotopic (exact) mass is 176 g/mol. The van der Waals surface area contributed by atoms with Crippen molar-refractivity contribution < 1.29 is 4.74 Å². The number of allylic oxidation sites excluding steroid dienone is 2. The van der Waals surface area contributed by atoms with E-state index < -0.39 is 0 Å². The summed E-state index contributed by atoms with van der Waals surface area (Å²) in [6.45, 7) is 0.976. The molecule has 3 aliphatic rings. The third-order valence-corrected chi connectivity index (χ3v) is 3.71. The molecule has 3 unspecified atom stereocenters. The van der Waals surface area contributed by atoms with Crippen LogP contribution < -0.4 is 0 Å². The Balaban J connectivity index is 1.94. The van der Waals surface area contributed by atoms with E-state index in [2.05, 4.69) is 18.2 Å². The van der Waals surface area contributed by atoms with Crippen LogP contribution in [-0.4, -0.2) is 12.7 Å². The Morgan fingerprint density at radius 2 is 2.31 bits per heavy atom. The summed E-state index contributed by atoms with van der Waals surface area (Å²) in [7, 11) is 0. The summed E-state index contributed by atoms with van der Waals surface area (Å²) in [5, 5.41) is 0. The summed E-state index contributed by atoms with van der Waals surface area (Å²) in [5.41, 5.74) is 1.64. The average Bonchev–Trinajstić information content (AvgIpc) is 2.72. The van der Waals surface area contributed by atoms with E-state index in [-0.39, 0.29) is 0 Å². The minimum absolute atomic E-state index is 0.521. The maximum atomic E-state index is 5.86. The van der Waals surface area contributed by atoms with Gasteiger partial charge < -0.3 is 4.74 Å². The van der Waals surface area contributed by atoms with Gasteiger partial charge in [-0.2, -0.15) is 0 Å². The predicted octanol–water partition coefficient (Wildman–Crippen LogP) is 2.69. The highest BCUT2D eigenvalue weighted by Gasteiger charge is 2.37. The molecule has 1 heteroatoms. The maximum absolute atomic E-state index is 5.86. The number of rotatable bonds is 0. The fourth-order valence-electron chi connectivity index (χ4n) is 3.05. The molecule has 2 aliphatic carbocycles. The molecule has 1 nitrogen and oxygen atoms in total. The minimum atomic E-state index is 0.521. The van der Waals surface area contributed by atoms with Crippen molar-refractivity contribution in [3.05, 3.63) is 23.8 Å². The van der Waals surface area contributed by atoms with Crippen molar-refractivity contribution in [2.24, 2.45) is 11.8 Å². The van der Waals surface area contributed by atoms with Gasteiger partial charge >= 0.3 is 0 Å². The van der Waals surface area contributed by atoms with Crippen LogP contribution >= 0.6 is 0 Å². The summed E-state index contributed by atoms with van der Waals surface area (Å²) in [5.74, 6) is 1.46. The minimum Gasteiger partial charge on any atom is -0.377 e. The molecule has 70 valence electrons. The van der Waals surface area contributed by atoms with E-state index in [9.17, 15) is 0 Å². The highest BCUT2D eigenvalue weighted by molar-refractivity contribution is 5.24. The lowest BCUT2D eigenvalue weighted by Crippen LogP contribution is -2.23. The van der Waals surface area contributed by atoms with Crippen LogP contribution in [0.3, 0.4) is 0 Å². The molecule has 0 aromatic carbocycles. The van der Waals surface area contributed by atoms with Gasteiger partial charge in [-0.15, -0.1) is 0 Å². The smallest absolute Gasteiger partial charge is 0.0703 e. The van der Waals surface area contributed by atoms with E-state index in [1.54, 1.807) is 5.57 Å². The van der Waals surface area contributed by atoms with Gasteiger partial charge in [-0.3, -0.25) is 0 Å². The van der Waals surface area contributed by atoms with Crippen molar-refractivity contribution in [3.8, 4) is 0 Å². The lowest BCUT2D eigenvalue weighted by Gasteiger charge is -2.22. The molecule has 0 bridgehead atoms. The standard InChI is InChI=1S/C12H16O/c1-3-9-4-2-6-11(9)12-10(5-1)7-8-13-12/h1,3,5,10-12H,2,4,6-8H2. The van der Waals surface area contributed by atoms with Crippen molar-refractivity contribution in [2.45, 2.75) is 31.8 Å². The van der Waals surface area contributed by atoms with Crippen LogP contribution in [0.15, 0.2) is 23.8 Å². The molecule has 13 heavy (non-hydrogen) atoms. The Hall–Kier alpha value is -0.560. The molecule has 1 saturated carbocycles. The zero-order valence-electron chi connectivity index (χ0n) is 7.91. The second-order valence-corrected chi connectivity index (χ2v) is 4.41. The molecule has 2 fully saturated rings. The zero-order chi connectivity index (χ0) is 8.67. The van der Waals surface area contributed by atoms with Gasteiger partial charge in [-0.25, -0.2) is 0 Å². The molecule has 1 heterocycles. The molecule has 0 radical (unpaired) electrons. The van der Waals surface area contributed by atoms with Gasteiger partial charge in [0.25, 0.3) is 0 Å². The van der Waals surface area contributed by atoms with E-state index in [0.29, 0.717) is 12.0 Å². The molecule has 0 aromatic rings. The summed E-state index contributed by atoms with van der Waals surface area (Å²) < 4.78 is 5.86. The van der Waals surface area contributed by atoms with Gasteiger partial charge in [0, 0.05) is 18.4 Å². The van der Waals surface area contributed by atoms with Gasteiger partial charge in [-0.1, -0.05) is 23.8 Å². The fourth-order valence-corrected chi connectivity index (χ4v) is 3.05. The van der Waals surface area contributed by atoms with Gasteiger partial charge in [0.05, 0.1) is 6.10 Å². The Morgan fingerprint density at radius 3 is 3.31 bits per heavy atom. The quantitative estimate of drug-likeness (QED) is 0.551. The highest BCUT2D eigenvalue weighted by Crippen LogP contribution is 2.42. The maximum Gasteiger partial charge on any atom is 0.0703 e. The molecule has 1 saturated heterocycles. The first-order chi connectivity index (χ1) is 6.45. The number of hydrogen-bond acceptors (Lipinski definition) is 1. The van der Waals surface area contributed by atoms with Crippen molar-refractivity contribution in [1.82, 2.24) is 0 Å². The molecule has 3 atom stereocenters. The SMILES string of the molecule is C1=CC2CCOC2C2CCCC2=C1. The zero-order valence-corrected chi connectivity index (χ0v) is 7.91. The first-order valence-corrected chi connectivity index (χ1v) is 5.44. The second kappa shape index (κ2) is 2.98. The van der Waals surface area contributed by atoms with Crippen LogP contribution in [0.5, 0.6) is 0 Å². The predicted molar refractivity (Wildman–Crippen MR) is 52.4 cm³/mol. The fraction of sp³-hybridized carbons (Fsp3) is 0.667. The molecule has 1 aliphatic heterocycles. The van der Waals surface area contributed by atoms with Crippen LogP contribution in [0.25, 0.3) is 0 Å². The molecule has 0 N–H and O–H groups in total. The van der Waals surface area contributed by atoms with Crippen LogP contribution in [-0.2, 0) is 4.74 Å². The second-order valence-electron chi connectivity index (χ2n) is 4.41. The van der Waals surface area contributed by atoms with Crippen LogP contribution in [0.2, 0.25) is 0 Å². The third kappa shape index (κ3) is 1.18. The van der Waals surface area contributed by atoms with Gasteiger partial charge in [0.2, 0.25) is 0 Å². The highest BCUT2D eigenvalue weighted by atomic mass is 16.5. The van der Waals surface area contributed by atoms with Crippen LogP contribution in [0.1, 0.15) is 25.7 Å². The molecular weight excluding hydrogens is 160 g/mol. The van der Waals surface area contributed by atoms with Gasteiger partial charge in [0.1, 0.15) is 0 Å². The van der Waals surface area contributed by atoms with Crippen molar-refractivity contribution in [2.75, 3.05) is 6.61 Å². The number of hydrogen-bond donors (Lipinski definition) is 0. The van der Waals surface area contributed by atoms with Crippen molar-refractivity contribution in [1.29, 1.82) is 0 Å². The Kier molecular flexibility index (Phi) is 1.79.